The second-order valence-electron chi connectivity index (χ2n) is 9.46. The van der Waals surface area contributed by atoms with Crippen LogP contribution in [-0.2, 0) is 24.2 Å². The molecule has 2 amide bonds. The number of aryl methyl sites for hydroxylation is 2. The number of amides is 2. The highest BCUT2D eigenvalue weighted by Gasteiger charge is 2.23. The summed E-state index contributed by atoms with van der Waals surface area (Å²) in [6, 6.07) is 23.7. The molecular weight excluding hydrogens is 528 g/mol. The van der Waals surface area contributed by atoms with Crippen molar-refractivity contribution in [3.8, 4) is 0 Å². The molecule has 0 bridgehead atoms. The van der Waals surface area contributed by atoms with Crippen molar-refractivity contribution in [3.63, 3.8) is 0 Å². The Morgan fingerprint density at radius 2 is 1.78 bits per heavy atom. The number of rotatable bonds is 9. The van der Waals surface area contributed by atoms with E-state index in [0.717, 1.165) is 72.1 Å². The lowest BCUT2D eigenvalue weighted by Gasteiger charge is -2.29. The number of fused-ring (bicyclic) bond motifs is 2. The standard InChI is InChI=1S/C30H31BrN4O2/c31-24-13-8-11-23(20-24)30(37)32-18-7-1-2-17-28-33-25-14-4-6-16-27(25)35(28)21-29(36)34-19-9-12-22-10-3-5-15-26(22)34/h3-6,8,10-11,13-16,20H,1-2,7,9,12,17-19,21H2,(H,32,37). The number of nitrogens with zero attached hydrogens (tertiary/aromatic N) is 3. The number of imidazole rings is 1. The van der Waals surface area contributed by atoms with E-state index in [-0.39, 0.29) is 18.4 Å². The van der Waals surface area contributed by atoms with Crippen LogP contribution in [0.1, 0.15) is 47.4 Å². The third-order valence-corrected chi connectivity index (χ3v) is 7.38. The van der Waals surface area contributed by atoms with Gasteiger partial charge in [0.2, 0.25) is 5.91 Å². The highest BCUT2D eigenvalue weighted by atomic mass is 79.9. The van der Waals surface area contributed by atoms with Crippen LogP contribution in [0.25, 0.3) is 11.0 Å². The molecule has 0 saturated heterocycles. The van der Waals surface area contributed by atoms with E-state index in [0.29, 0.717) is 12.1 Å². The van der Waals surface area contributed by atoms with E-state index in [9.17, 15) is 9.59 Å². The van der Waals surface area contributed by atoms with Gasteiger partial charge in [-0.05, 0) is 67.6 Å². The number of benzene rings is 3. The SMILES string of the molecule is O=C(NCCCCCc1nc2ccccc2n1CC(=O)N1CCCc2ccccc21)c1cccc(Br)c1. The van der Waals surface area contributed by atoms with Gasteiger partial charge in [0, 0.05) is 35.2 Å². The van der Waals surface area contributed by atoms with Gasteiger partial charge in [0.25, 0.3) is 5.91 Å². The smallest absolute Gasteiger partial charge is 0.251 e. The van der Waals surface area contributed by atoms with Gasteiger partial charge in [0.1, 0.15) is 12.4 Å². The number of para-hydroxylation sites is 3. The molecule has 0 radical (unpaired) electrons. The van der Waals surface area contributed by atoms with E-state index in [4.69, 9.17) is 4.98 Å². The number of unbranched alkanes of at least 4 members (excludes halogenated alkanes) is 2. The van der Waals surface area contributed by atoms with Gasteiger partial charge in [-0.25, -0.2) is 4.98 Å². The predicted octanol–water partition coefficient (Wildman–Crippen LogP) is 5.92. The number of nitrogens with one attached hydrogen (secondary N) is 1. The van der Waals surface area contributed by atoms with E-state index < -0.39 is 0 Å². The molecule has 0 atom stereocenters. The average molecular weight is 560 g/mol. The zero-order chi connectivity index (χ0) is 25.6. The summed E-state index contributed by atoms with van der Waals surface area (Å²) in [6.45, 7) is 1.67. The first-order chi connectivity index (χ1) is 18.1. The van der Waals surface area contributed by atoms with Crippen molar-refractivity contribution in [1.82, 2.24) is 14.9 Å². The average Bonchev–Trinajstić information content (AvgIpc) is 3.27. The Bertz CT molecular complexity index is 1410. The van der Waals surface area contributed by atoms with E-state index in [2.05, 4.69) is 37.9 Å². The molecule has 6 nitrogen and oxygen atoms in total. The molecule has 1 N–H and O–H groups in total. The summed E-state index contributed by atoms with van der Waals surface area (Å²) in [4.78, 5) is 32.6. The van der Waals surface area contributed by atoms with Gasteiger partial charge in [0.15, 0.2) is 0 Å². The predicted molar refractivity (Wildman–Crippen MR) is 151 cm³/mol. The van der Waals surface area contributed by atoms with Gasteiger partial charge >= 0.3 is 0 Å². The quantitative estimate of drug-likeness (QED) is 0.259. The summed E-state index contributed by atoms with van der Waals surface area (Å²) in [5.41, 5.74) is 4.85. The molecule has 2 heterocycles. The van der Waals surface area contributed by atoms with Crippen molar-refractivity contribution in [2.24, 2.45) is 0 Å². The van der Waals surface area contributed by atoms with Gasteiger partial charge in [-0.15, -0.1) is 0 Å². The molecule has 7 heteroatoms. The fourth-order valence-corrected chi connectivity index (χ4v) is 5.42. The summed E-state index contributed by atoms with van der Waals surface area (Å²) >= 11 is 3.41. The lowest BCUT2D eigenvalue weighted by molar-refractivity contribution is -0.119. The van der Waals surface area contributed by atoms with Crippen molar-refractivity contribution < 1.29 is 9.59 Å². The first-order valence-corrected chi connectivity index (χ1v) is 13.8. The van der Waals surface area contributed by atoms with Crippen LogP contribution < -0.4 is 10.2 Å². The normalized spacial score (nSPS) is 12.9. The molecule has 0 fully saturated rings. The summed E-state index contributed by atoms with van der Waals surface area (Å²) in [7, 11) is 0. The van der Waals surface area contributed by atoms with Crippen molar-refractivity contribution in [1.29, 1.82) is 0 Å². The Labute approximate surface area is 225 Å². The van der Waals surface area contributed by atoms with Crippen molar-refractivity contribution >= 4 is 44.5 Å². The minimum atomic E-state index is -0.0547. The van der Waals surface area contributed by atoms with Crippen LogP contribution >= 0.6 is 15.9 Å². The van der Waals surface area contributed by atoms with Crippen LogP contribution in [0.15, 0.2) is 77.3 Å². The van der Waals surface area contributed by atoms with E-state index in [1.165, 1.54) is 5.56 Å². The molecule has 5 rings (SSSR count). The summed E-state index contributed by atoms with van der Waals surface area (Å²) < 4.78 is 2.98. The Kier molecular flexibility index (Phi) is 7.99. The number of carbonyl (C=O) groups excluding carboxylic acids is 2. The molecule has 1 aliphatic heterocycles. The monoisotopic (exact) mass is 558 g/mol. The highest BCUT2D eigenvalue weighted by molar-refractivity contribution is 9.10. The molecule has 1 aliphatic rings. The Morgan fingerprint density at radius 1 is 0.946 bits per heavy atom. The van der Waals surface area contributed by atoms with E-state index in [1.807, 2.05) is 65.6 Å². The summed E-state index contributed by atoms with van der Waals surface area (Å²) in [6.07, 6.45) is 5.59. The first kappa shape index (κ1) is 25.2. The molecule has 0 unspecified atom stereocenters. The molecule has 0 spiro atoms. The summed E-state index contributed by atoms with van der Waals surface area (Å²) in [5, 5.41) is 3.00. The maximum atomic E-state index is 13.5. The number of halogens is 1. The Hall–Kier alpha value is -3.45. The van der Waals surface area contributed by atoms with Crippen LogP contribution in [0.5, 0.6) is 0 Å². The van der Waals surface area contributed by atoms with Crippen LogP contribution in [-0.4, -0.2) is 34.5 Å². The third kappa shape index (κ3) is 5.93. The minimum Gasteiger partial charge on any atom is -0.352 e. The lowest BCUT2D eigenvalue weighted by Crippen LogP contribution is -2.38. The van der Waals surface area contributed by atoms with Gasteiger partial charge < -0.3 is 14.8 Å². The number of hydrogen-bond donors (Lipinski definition) is 1. The topological polar surface area (TPSA) is 67.2 Å². The van der Waals surface area contributed by atoms with Crippen LogP contribution in [0, 0.1) is 0 Å². The fourth-order valence-electron chi connectivity index (χ4n) is 5.02. The maximum absolute atomic E-state index is 13.5. The largest absolute Gasteiger partial charge is 0.352 e. The maximum Gasteiger partial charge on any atom is 0.251 e. The van der Waals surface area contributed by atoms with Gasteiger partial charge in [0.05, 0.1) is 11.0 Å². The molecule has 37 heavy (non-hydrogen) atoms. The second kappa shape index (κ2) is 11.7. The first-order valence-electron chi connectivity index (χ1n) is 13.0. The Balaban J connectivity index is 1.19. The summed E-state index contributed by atoms with van der Waals surface area (Å²) in [5.74, 6) is 0.991. The zero-order valence-electron chi connectivity index (χ0n) is 20.8. The number of anilines is 1. The van der Waals surface area contributed by atoms with Crippen molar-refractivity contribution in [2.75, 3.05) is 18.0 Å². The van der Waals surface area contributed by atoms with Gasteiger partial charge in [-0.1, -0.05) is 58.7 Å². The van der Waals surface area contributed by atoms with Crippen molar-refractivity contribution in [2.45, 2.75) is 45.1 Å². The minimum absolute atomic E-state index is 0.0547. The van der Waals surface area contributed by atoms with E-state index in [1.54, 1.807) is 0 Å². The molecule has 0 aliphatic carbocycles. The van der Waals surface area contributed by atoms with Crippen LogP contribution in [0.4, 0.5) is 5.69 Å². The van der Waals surface area contributed by atoms with Gasteiger partial charge in [-0.2, -0.15) is 0 Å². The van der Waals surface area contributed by atoms with Crippen molar-refractivity contribution in [3.05, 3.63) is 94.2 Å². The molecule has 1 aromatic heterocycles. The molecular formula is C30H31BrN4O2. The number of carbonyl (C=O) groups is 2. The zero-order valence-corrected chi connectivity index (χ0v) is 22.4. The molecule has 4 aromatic rings. The van der Waals surface area contributed by atoms with Crippen LogP contribution in [0.3, 0.4) is 0 Å². The molecule has 0 saturated carbocycles. The number of hydrogen-bond acceptors (Lipinski definition) is 3. The Morgan fingerprint density at radius 3 is 2.68 bits per heavy atom. The third-order valence-electron chi connectivity index (χ3n) is 6.89. The second-order valence-corrected chi connectivity index (χ2v) is 10.4. The van der Waals surface area contributed by atoms with Gasteiger partial charge in [-0.3, -0.25) is 9.59 Å². The van der Waals surface area contributed by atoms with E-state index >= 15 is 0 Å². The molecule has 3 aromatic carbocycles. The molecule has 190 valence electrons. The fraction of sp³-hybridized carbons (Fsp3) is 0.300. The lowest BCUT2D eigenvalue weighted by atomic mass is 10.0. The number of aromatic nitrogens is 2. The highest BCUT2D eigenvalue weighted by Crippen LogP contribution is 2.27. The van der Waals surface area contributed by atoms with Crippen LogP contribution in [0.2, 0.25) is 0 Å².